The first-order valence-electron chi connectivity index (χ1n) is 11.9. The molecule has 7 nitrogen and oxygen atoms in total. The van der Waals surface area contributed by atoms with E-state index in [9.17, 15) is 9.59 Å². The lowest BCUT2D eigenvalue weighted by atomic mass is 9.96. The fourth-order valence-electron chi connectivity index (χ4n) is 4.41. The zero-order valence-electron chi connectivity index (χ0n) is 20.3. The quantitative estimate of drug-likeness (QED) is 0.284. The number of benzene rings is 2. The van der Waals surface area contributed by atoms with Gasteiger partial charge in [0.15, 0.2) is 11.2 Å². The fraction of sp³-hybridized carbons (Fsp3) is 0.259. The van der Waals surface area contributed by atoms with Crippen LogP contribution in [0.15, 0.2) is 47.8 Å². The van der Waals surface area contributed by atoms with E-state index < -0.39 is 18.0 Å². The molecule has 0 radical (unpaired) electrons. The molecule has 2 aromatic heterocycles. The van der Waals surface area contributed by atoms with Crippen LogP contribution in [-0.4, -0.2) is 46.4 Å². The molecule has 37 heavy (non-hydrogen) atoms. The largest absolute Gasteiger partial charge is 0.449 e. The highest BCUT2D eigenvalue weighted by molar-refractivity contribution is 7.14. The zero-order chi connectivity index (χ0) is 26.1. The van der Waals surface area contributed by atoms with Crippen molar-refractivity contribution in [1.82, 2.24) is 14.9 Å². The number of ether oxygens (including phenoxy) is 1. The lowest BCUT2D eigenvalue weighted by Gasteiger charge is -2.27. The summed E-state index contributed by atoms with van der Waals surface area (Å²) >= 11 is 13.5. The van der Waals surface area contributed by atoms with E-state index in [1.807, 2.05) is 31.3 Å². The van der Waals surface area contributed by atoms with Gasteiger partial charge in [0.2, 0.25) is 0 Å². The van der Waals surface area contributed by atoms with Crippen LogP contribution in [0.25, 0.3) is 22.2 Å². The Hall–Kier alpha value is -3.04. The number of nitrogens with zero attached hydrogens (tertiary/aromatic N) is 3. The van der Waals surface area contributed by atoms with E-state index in [4.69, 9.17) is 32.9 Å². The molecule has 1 aliphatic heterocycles. The number of hydrogen-bond donors (Lipinski definition) is 1. The molecule has 2 aromatic carbocycles. The third-order valence-corrected chi connectivity index (χ3v) is 7.60. The maximum Gasteiger partial charge on any atom is 0.340 e. The maximum atomic E-state index is 13.5. The molecule has 1 amide bonds. The number of halogens is 2. The van der Waals surface area contributed by atoms with Crippen molar-refractivity contribution in [3.63, 3.8) is 0 Å². The summed E-state index contributed by atoms with van der Waals surface area (Å²) in [7, 11) is 2.01. The number of anilines is 1. The second-order valence-corrected chi connectivity index (χ2v) is 10.6. The second kappa shape index (κ2) is 10.8. The van der Waals surface area contributed by atoms with Crippen molar-refractivity contribution in [1.29, 1.82) is 0 Å². The van der Waals surface area contributed by atoms with E-state index in [0.717, 1.165) is 35.1 Å². The molecule has 0 fully saturated rings. The number of nitrogens with one attached hydrogen (secondary N) is 1. The number of amides is 1. The molecule has 3 heterocycles. The number of fused-ring (bicyclic) bond motifs is 2. The Kier molecular flexibility index (Phi) is 7.44. The first kappa shape index (κ1) is 25.6. The SMILES string of the molecule is CCC(OC(=O)c1c2c(nc3ccccc13)CCN(C)C2)C(=O)Nc1nc(-c2ccc(Cl)cc2Cl)cs1. The van der Waals surface area contributed by atoms with Crippen LogP contribution in [0.4, 0.5) is 5.13 Å². The molecular weight excluding hydrogens is 531 g/mol. The van der Waals surface area contributed by atoms with Gasteiger partial charge in [0.1, 0.15) is 0 Å². The summed E-state index contributed by atoms with van der Waals surface area (Å²) in [4.78, 5) is 38.0. The standard InChI is InChI=1S/C27H24Cl2N4O3S/c1-3-23(25(34)32-27-31-22(14-37-27)16-9-8-15(28)12-19(16)29)36-26(35)24-17-6-4-5-7-20(17)30-21-10-11-33(2)13-18(21)24/h4-9,12,14,23H,3,10-11,13H2,1-2H3,(H,31,32,34). The summed E-state index contributed by atoms with van der Waals surface area (Å²) < 4.78 is 5.80. The molecule has 1 aliphatic rings. The van der Waals surface area contributed by atoms with Crippen LogP contribution in [0, 0.1) is 0 Å². The van der Waals surface area contributed by atoms with Crippen LogP contribution in [0.1, 0.15) is 35.0 Å². The normalized spacial score (nSPS) is 14.3. The summed E-state index contributed by atoms with van der Waals surface area (Å²) in [6.45, 7) is 3.26. The van der Waals surface area contributed by atoms with Crippen LogP contribution in [0.3, 0.4) is 0 Å². The molecule has 1 N–H and O–H groups in total. The van der Waals surface area contributed by atoms with E-state index in [0.29, 0.717) is 45.0 Å². The molecule has 1 atom stereocenters. The number of carbonyl (C=O) groups excluding carboxylic acids is 2. The minimum Gasteiger partial charge on any atom is -0.449 e. The number of hydrogen-bond acceptors (Lipinski definition) is 7. The summed E-state index contributed by atoms with van der Waals surface area (Å²) in [6.07, 6.45) is 0.0747. The Balaban J connectivity index is 1.37. The molecule has 1 unspecified atom stereocenters. The third kappa shape index (κ3) is 5.33. The molecule has 0 bridgehead atoms. The maximum absolute atomic E-state index is 13.5. The number of carbonyl (C=O) groups is 2. The molecular formula is C27H24Cl2N4O3S. The Morgan fingerprint density at radius 2 is 2.00 bits per heavy atom. The summed E-state index contributed by atoms with van der Waals surface area (Å²) in [5, 5.41) is 6.68. The van der Waals surface area contributed by atoms with Gasteiger partial charge in [-0.15, -0.1) is 11.3 Å². The number of thiazole rings is 1. The monoisotopic (exact) mass is 554 g/mol. The van der Waals surface area contributed by atoms with Crippen molar-refractivity contribution in [3.05, 3.63) is 74.7 Å². The van der Waals surface area contributed by atoms with Gasteiger partial charge in [0.05, 0.1) is 21.8 Å². The predicted molar refractivity (Wildman–Crippen MR) is 147 cm³/mol. The zero-order valence-corrected chi connectivity index (χ0v) is 22.6. The highest BCUT2D eigenvalue weighted by Gasteiger charge is 2.29. The number of aromatic nitrogens is 2. The highest BCUT2D eigenvalue weighted by Crippen LogP contribution is 2.33. The lowest BCUT2D eigenvalue weighted by molar-refractivity contribution is -0.124. The van der Waals surface area contributed by atoms with Crippen molar-refractivity contribution in [2.75, 3.05) is 18.9 Å². The summed E-state index contributed by atoms with van der Waals surface area (Å²) in [5.41, 5.74) is 4.31. The smallest absolute Gasteiger partial charge is 0.340 e. The minimum absolute atomic E-state index is 0.309. The van der Waals surface area contributed by atoms with E-state index in [2.05, 4.69) is 15.2 Å². The lowest BCUT2D eigenvalue weighted by Crippen LogP contribution is -2.34. The van der Waals surface area contributed by atoms with Crippen LogP contribution in [0.5, 0.6) is 0 Å². The Labute approximate surface area is 228 Å². The molecule has 0 spiro atoms. The third-order valence-electron chi connectivity index (χ3n) is 6.30. The molecule has 0 saturated carbocycles. The van der Waals surface area contributed by atoms with Crippen molar-refractivity contribution in [3.8, 4) is 11.3 Å². The van der Waals surface area contributed by atoms with Crippen molar-refractivity contribution >= 4 is 62.4 Å². The second-order valence-electron chi connectivity index (χ2n) is 8.87. The van der Waals surface area contributed by atoms with Gasteiger partial charge in [-0.1, -0.05) is 48.3 Å². The van der Waals surface area contributed by atoms with Crippen molar-refractivity contribution in [2.24, 2.45) is 0 Å². The number of likely N-dealkylation sites (N-methyl/N-ethyl adjacent to an activating group) is 1. The highest BCUT2D eigenvalue weighted by atomic mass is 35.5. The fourth-order valence-corrected chi connectivity index (χ4v) is 5.63. The van der Waals surface area contributed by atoms with Gasteiger partial charge in [-0.2, -0.15) is 0 Å². The van der Waals surface area contributed by atoms with E-state index in [1.54, 1.807) is 30.5 Å². The average Bonchev–Trinajstić information content (AvgIpc) is 3.33. The van der Waals surface area contributed by atoms with E-state index in [1.165, 1.54) is 11.3 Å². The van der Waals surface area contributed by atoms with Gasteiger partial charge >= 0.3 is 5.97 Å². The predicted octanol–water partition coefficient (Wildman–Crippen LogP) is 6.23. The Bertz CT molecular complexity index is 1510. The van der Waals surface area contributed by atoms with Crippen LogP contribution < -0.4 is 5.32 Å². The van der Waals surface area contributed by atoms with Gasteiger partial charge in [0, 0.05) is 52.1 Å². The van der Waals surface area contributed by atoms with Gasteiger partial charge in [0.25, 0.3) is 5.91 Å². The van der Waals surface area contributed by atoms with Crippen molar-refractivity contribution in [2.45, 2.75) is 32.4 Å². The number of pyridine rings is 1. The number of para-hydroxylation sites is 1. The van der Waals surface area contributed by atoms with Gasteiger partial charge in [-0.3, -0.25) is 15.1 Å². The molecule has 0 aliphatic carbocycles. The molecule has 10 heteroatoms. The first-order chi connectivity index (χ1) is 17.8. The average molecular weight is 555 g/mol. The van der Waals surface area contributed by atoms with Gasteiger partial charge < -0.3 is 9.64 Å². The van der Waals surface area contributed by atoms with Crippen LogP contribution in [0.2, 0.25) is 10.0 Å². The Morgan fingerprint density at radius 1 is 1.19 bits per heavy atom. The minimum atomic E-state index is -0.983. The first-order valence-corrected chi connectivity index (χ1v) is 13.5. The van der Waals surface area contributed by atoms with E-state index in [-0.39, 0.29) is 0 Å². The summed E-state index contributed by atoms with van der Waals surface area (Å²) in [6, 6.07) is 12.7. The van der Waals surface area contributed by atoms with Gasteiger partial charge in [-0.25, -0.2) is 9.78 Å². The molecule has 0 saturated heterocycles. The van der Waals surface area contributed by atoms with E-state index >= 15 is 0 Å². The van der Waals surface area contributed by atoms with Crippen molar-refractivity contribution < 1.29 is 14.3 Å². The molecule has 5 rings (SSSR count). The molecule has 190 valence electrons. The molecule has 4 aromatic rings. The Morgan fingerprint density at radius 3 is 2.78 bits per heavy atom. The van der Waals surface area contributed by atoms with Crippen LogP contribution in [-0.2, 0) is 22.5 Å². The number of rotatable bonds is 6. The van der Waals surface area contributed by atoms with Gasteiger partial charge in [-0.05, 0) is 37.7 Å². The summed E-state index contributed by atoms with van der Waals surface area (Å²) in [5.74, 6) is -0.969. The van der Waals surface area contributed by atoms with Crippen LogP contribution >= 0.6 is 34.5 Å². The number of esters is 1. The topological polar surface area (TPSA) is 84.4 Å².